The van der Waals surface area contributed by atoms with E-state index in [9.17, 15) is 5.11 Å². The molecule has 0 bridgehead atoms. The molecule has 2 rings (SSSR count). The van der Waals surface area contributed by atoms with E-state index < -0.39 is 5.60 Å². The summed E-state index contributed by atoms with van der Waals surface area (Å²) in [5, 5.41) is 10.9. The van der Waals surface area contributed by atoms with Gasteiger partial charge < -0.3 is 5.11 Å². The number of aromatic nitrogens is 1. The first-order valence-corrected chi connectivity index (χ1v) is 7.16. The second-order valence-corrected chi connectivity index (χ2v) is 6.22. The molecule has 18 heavy (non-hydrogen) atoms. The lowest BCUT2D eigenvalue weighted by Gasteiger charge is -2.27. The molecule has 1 heterocycles. The van der Waals surface area contributed by atoms with Gasteiger partial charge in [-0.1, -0.05) is 26.3 Å². The van der Waals surface area contributed by atoms with Gasteiger partial charge in [0.15, 0.2) is 0 Å². The van der Waals surface area contributed by atoms with Crippen LogP contribution in [0.3, 0.4) is 0 Å². The van der Waals surface area contributed by atoms with Gasteiger partial charge in [0.05, 0.1) is 5.60 Å². The molecule has 2 atom stereocenters. The van der Waals surface area contributed by atoms with Crippen LogP contribution in [0.15, 0.2) is 18.5 Å². The third-order valence-electron chi connectivity index (χ3n) is 4.45. The Balaban J connectivity index is 2.16. The van der Waals surface area contributed by atoms with Crippen LogP contribution in [0.1, 0.15) is 57.1 Å². The Bertz CT molecular complexity index is 402. The Hall–Kier alpha value is -0.890. The van der Waals surface area contributed by atoms with Crippen molar-refractivity contribution in [3.8, 4) is 0 Å². The SMILES string of the molecule is Cc1cncc(C2(O)CCCC(C(C)C)CC2)c1. The van der Waals surface area contributed by atoms with Crippen LogP contribution in [0.25, 0.3) is 0 Å². The Morgan fingerprint density at radius 1 is 1.28 bits per heavy atom. The van der Waals surface area contributed by atoms with Crippen LogP contribution in [0.5, 0.6) is 0 Å². The van der Waals surface area contributed by atoms with Crippen LogP contribution >= 0.6 is 0 Å². The van der Waals surface area contributed by atoms with E-state index in [4.69, 9.17) is 0 Å². The molecule has 1 aliphatic carbocycles. The molecule has 0 amide bonds. The van der Waals surface area contributed by atoms with Crippen LogP contribution in [0.4, 0.5) is 0 Å². The van der Waals surface area contributed by atoms with Crippen LogP contribution in [0, 0.1) is 18.8 Å². The molecule has 0 aromatic carbocycles. The van der Waals surface area contributed by atoms with E-state index >= 15 is 0 Å². The first kappa shape index (κ1) is 13.5. The Morgan fingerprint density at radius 2 is 2.06 bits per heavy atom. The smallest absolute Gasteiger partial charge is 0.0911 e. The van der Waals surface area contributed by atoms with E-state index in [2.05, 4.69) is 24.9 Å². The third-order valence-corrected chi connectivity index (χ3v) is 4.45. The summed E-state index contributed by atoms with van der Waals surface area (Å²) in [6, 6.07) is 2.09. The molecule has 1 aromatic heterocycles. The van der Waals surface area contributed by atoms with Crippen molar-refractivity contribution in [3.63, 3.8) is 0 Å². The van der Waals surface area contributed by atoms with Gasteiger partial charge in [-0.05, 0) is 50.0 Å². The number of nitrogens with zero attached hydrogens (tertiary/aromatic N) is 1. The van der Waals surface area contributed by atoms with Crippen LogP contribution < -0.4 is 0 Å². The van der Waals surface area contributed by atoms with Crippen molar-refractivity contribution in [2.24, 2.45) is 11.8 Å². The van der Waals surface area contributed by atoms with Crippen LogP contribution in [-0.2, 0) is 5.60 Å². The Kier molecular flexibility index (Phi) is 4.06. The monoisotopic (exact) mass is 247 g/mol. The number of rotatable bonds is 2. The highest BCUT2D eigenvalue weighted by Crippen LogP contribution is 2.39. The highest BCUT2D eigenvalue weighted by molar-refractivity contribution is 5.23. The summed E-state index contributed by atoms with van der Waals surface area (Å²) in [7, 11) is 0. The fraction of sp³-hybridized carbons (Fsp3) is 0.688. The molecule has 0 radical (unpaired) electrons. The van der Waals surface area contributed by atoms with E-state index in [-0.39, 0.29) is 0 Å². The van der Waals surface area contributed by atoms with Crippen molar-refractivity contribution in [2.45, 2.75) is 58.5 Å². The van der Waals surface area contributed by atoms with Gasteiger partial charge in [0, 0.05) is 18.0 Å². The van der Waals surface area contributed by atoms with Gasteiger partial charge in [-0.25, -0.2) is 0 Å². The van der Waals surface area contributed by atoms with Gasteiger partial charge in [0.25, 0.3) is 0 Å². The first-order chi connectivity index (χ1) is 8.51. The molecule has 1 aliphatic rings. The summed E-state index contributed by atoms with van der Waals surface area (Å²) in [5.74, 6) is 1.49. The van der Waals surface area contributed by atoms with Crippen molar-refractivity contribution in [2.75, 3.05) is 0 Å². The predicted octanol–water partition coefficient (Wildman–Crippen LogP) is 3.81. The second kappa shape index (κ2) is 5.40. The maximum atomic E-state index is 10.9. The zero-order valence-corrected chi connectivity index (χ0v) is 11.8. The summed E-state index contributed by atoms with van der Waals surface area (Å²) < 4.78 is 0. The van der Waals surface area contributed by atoms with E-state index in [1.54, 1.807) is 0 Å². The lowest BCUT2D eigenvalue weighted by molar-refractivity contribution is 0.0187. The normalized spacial score (nSPS) is 29.3. The number of hydrogen-bond donors (Lipinski definition) is 1. The minimum Gasteiger partial charge on any atom is -0.385 e. The van der Waals surface area contributed by atoms with Gasteiger partial charge in [-0.3, -0.25) is 4.98 Å². The summed E-state index contributed by atoms with van der Waals surface area (Å²) in [6.45, 7) is 6.63. The fourth-order valence-electron chi connectivity index (χ4n) is 3.11. The maximum Gasteiger partial charge on any atom is 0.0911 e. The molecule has 1 aromatic rings. The lowest BCUT2D eigenvalue weighted by Crippen LogP contribution is -2.25. The summed E-state index contributed by atoms with van der Waals surface area (Å²) in [5.41, 5.74) is 1.49. The second-order valence-electron chi connectivity index (χ2n) is 6.22. The molecule has 2 heteroatoms. The molecule has 0 aliphatic heterocycles. The summed E-state index contributed by atoms with van der Waals surface area (Å²) in [4.78, 5) is 4.23. The zero-order chi connectivity index (χ0) is 13.2. The van der Waals surface area contributed by atoms with Crippen molar-refractivity contribution in [1.29, 1.82) is 0 Å². The molecule has 1 saturated carbocycles. The Labute approximate surface area is 110 Å². The van der Waals surface area contributed by atoms with E-state index in [1.807, 2.05) is 19.3 Å². The quantitative estimate of drug-likeness (QED) is 0.806. The van der Waals surface area contributed by atoms with E-state index in [0.717, 1.165) is 48.6 Å². The topological polar surface area (TPSA) is 33.1 Å². The van der Waals surface area contributed by atoms with E-state index in [0.29, 0.717) is 0 Å². The highest BCUT2D eigenvalue weighted by Gasteiger charge is 2.33. The molecule has 1 fully saturated rings. The molecular weight excluding hydrogens is 222 g/mol. The summed E-state index contributed by atoms with van der Waals surface area (Å²) >= 11 is 0. The average molecular weight is 247 g/mol. The van der Waals surface area contributed by atoms with Crippen molar-refractivity contribution in [3.05, 3.63) is 29.6 Å². The van der Waals surface area contributed by atoms with Gasteiger partial charge in [-0.15, -0.1) is 0 Å². The van der Waals surface area contributed by atoms with Gasteiger partial charge >= 0.3 is 0 Å². The van der Waals surface area contributed by atoms with Crippen molar-refractivity contribution < 1.29 is 5.11 Å². The standard InChI is InChI=1S/C16H25NO/c1-12(2)14-5-4-7-16(18,8-6-14)15-9-13(3)10-17-11-15/h9-12,14,18H,4-8H2,1-3H3. The number of hydrogen-bond acceptors (Lipinski definition) is 2. The molecular formula is C16H25NO. The third kappa shape index (κ3) is 2.92. The van der Waals surface area contributed by atoms with Crippen LogP contribution in [-0.4, -0.2) is 10.1 Å². The largest absolute Gasteiger partial charge is 0.385 e. The van der Waals surface area contributed by atoms with Gasteiger partial charge in [0.1, 0.15) is 0 Å². The van der Waals surface area contributed by atoms with Gasteiger partial charge in [-0.2, -0.15) is 0 Å². The van der Waals surface area contributed by atoms with Crippen LogP contribution in [0.2, 0.25) is 0 Å². The number of aryl methyl sites for hydroxylation is 1. The molecule has 2 nitrogen and oxygen atoms in total. The summed E-state index contributed by atoms with van der Waals surface area (Å²) in [6.07, 6.45) is 8.93. The maximum absolute atomic E-state index is 10.9. The Morgan fingerprint density at radius 3 is 2.72 bits per heavy atom. The first-order valence-electron chi connectivity index (χ1n) is 7.16. The fourth-order valence-corrected chi connectivity index (χ4v) is 3.11. The van der Waals surface area contributed by atoms with Crippen molar-refractivity contribution >= 4 is 0 Å². The zero-order valence-electron chi connectivity index (χ0n) is 11.8. The number of pyridine rings is 1. The van der Waals surface area contributed by atoms with E-state index in [1.165, 1.54) is 6.42 Å². The molecule has 1 N–H and O–H groups in total. The molecule has 2 unspecified atom stereocenters. The van der Waals surface area contributed by atoms with Crippen molar-refractivity contribution in [1.82, 2.24) is 4.98 Å². The molecule has 100 valence electrons. The molecule has 0 saturated heterocycles. The molecule has 0 spiro atoms. The average Bonchev–Trinajstić information content (AvgIpc) is 2.52. The predicted molar refractivity (Wildman–Crippen MR) is 74.3 cm³/mol. The lowest BCUT2D eigenvalue weighted by atomic mass is 9.85. The highest BCUT2D eigenvalue weighted by atomic mass is 16.3. The minimum absolute atomic E-state index is 0.650. The number of aliphatic hydroxyl groups is 1. The van der Waals surface area contributed by atoms with Gasteiger partial charge in [0.2, 0.25) is 0 Å². The minimum atomic E-state index is -0.650.